The fourth-order valence-corrected chi connectivity index (χ4v) is 2.23. The molecular weight excluding hydrogens is 311 g/mol. The second kappa shape index (κ2) is 5.75. The third kappa shape index (κ3) is 3.33. The number of halogens is 3. The molecule has 0 aliphatic carbocycles. The number of hydrogen-bond acceptors (Lipinski definition) is 5. The molecule has 0 radical (unpaired) electrons. The van der Waals surface area contributed by atoms with E-state index in [9.17, 15) is 13.2 Å². The van der Waals surface area contributed by atoms with Gasteiger partial charge in [-0.1, -0.05) is 18.2 Å². The zero-order valence-electron chi connectivity index (χ0n) is 12.0. The van der Waals surface area contributed by atoms with Gasteiger partial charge in [0.15, 0.2) is 11.5 Å². The lowest BCUT2D eigenvalue weighted by Crippen LogP contribution is -2.22. The van der Waals surface area contributed by atoms with Crippen LogP contribution in [0.15, 0.2) is 36.9 Å². The summed E-state index contributed by atoms with van der Waals surface area (Å²) in [5.74, 6) is 0.302. The van der Waals surface area contributed by atoms with Crippen LogP contribution in [-0.2, 0) is 6.54 Å². The first kappa shape index (κ1) is 15.1. The molecule has 0 saturated heterocycles. The summed E-state index contributed by atoms with van der Waals surface area (Å²) in [7, 11) is 1.72. The number of H-pyrrole nitrogens is 1. The topological polar surface area (TPSA) is 66.9 Å². The van der Waals surface area contributed by atoms with Crippen LogP contribution in [0.1, 0.15) is 5.56 Å². The Morgan fingerprint density at radius 3 is 2.74 bits per heavy atom. The van der Waals surface area contributed by atoms with Crippen molar-refractivity contribution >= 4 is 17.0 Å². The van der Waals surface area contributed by atoms with E-state index in [4.69, 9.17) is 0 Å². The summed E-state index contributed by atoms with van der Waals surface area (Å²) >= 11 is 0. The molecule has 2 aromatic heterocycles. The van der Waals surface area contributed by atoms with Crippen LogP contribution in [0, 0.1) is 0 Å². The monoisotopic (exact) mass is 323 g/mol. The molecule has 0 bridgehead atoms. The fraction of sp³-hybridized carbons (Fsp3) is 0.214. The summed E-state index contributed by atoms with van der Waals surface area (Å²) in [5, 5.41) is 0. The van der Waals surface area contributed by atoms with E-state index < -0.39 is 6.36 Å². The number of para-hydroxylation sites is 1. The summed E-state index contributed by atoms with van der Waals surface area (Å²) in [6, 6.07) is 5.99. The number of rotatable bonds is 4. The molecule has 0 amide bonds. The molecule has 2 heterocycles. The summed E-state index contributed by atoms with van der Waals surface area (Å²) in [5.41, 5.74) is 1.49. The molecule has 6 nitrogen and oxygen atoms in total. The zero-order valence-corrected chi connectivity index (χ0v) is 12.0. The van der Waals surface area contributed by atoms with Crippen molar-refractivity contribution in [3.63, 3.8) is 0 Å². The average molecular weight is 323 g/mol. The predicted octanol–water partition coefficient (Wildman–Crippen LogP) is 2.89. The first-order valence-electron chi connectivity index (χ1n) is 6.63. The number of aromatic nitrogens is 4. The molecular formula is C14H12F3N5O. The molecule has 1 N–H and O–H groups in total. The molecule has 0 fully saturated rings. The summed E-state index contributed by atoms with van der Waals surface area (Å²) < 4.78 is 41.5. The molecule has 23 heavy (non-hydrogen) atoms. The lowest BCUT2D eigenvalue weighted by Gasteiger charge is -2.20. The Balaban J connectivity index is 1.89. The number of imidazole rings is 1. The Kier molecular flexibility index (Phi) is 3.77. The van der Waals surface area contributed by atoms with Gasteiger partial charge in [-0.2, -0.15) is 0 Å². The van der Waals surface area contributed by atoms with Gasteiger partial charge in [-0.15, -0.1) is 13.2 Å². The number of benzene rings is 1. The molecule has 9 heteroatoms. The summed E-state index contributed by atoms with van der Waals surface area (Å²) in [4.78, 5) is 16.8. The van der Waals surface area contributed by atoms with Crippen LogP contribution in [0.5, 0.6) is 5.75 Å². The van der Waals surface area contributed by atoms with Crippen LogP contribution in [0.25, 0.3) is 11.2 Å². The van der Waals surface area contributed by atoms with E-state index in [2.05, 4.69) is 24.7 Å². The molecule has 0 unspecified atom stereocenters. The number of ether oxygens (including phenoxy) is 1. The molecule has 3 aromatic rings. The van der Waals surface area contributed by atoms with E-state index in [0.717, 1.165) is 0 Å². The van der Waals surface area contributed by atoms with Gasteiger partial charge < -0.3 is 14.6 Å². The van der Waals surface area contributed by atoms with E-state index >= 15 is 0 Å². The van der Waals surface area contributed by atoms with Crippen molar-refractivity contribution in [1.82, 2.24) is 19.9 Å². The Morgan fingerprint density at radius 1 is 1.17 bits per heavy atom. The van der Waals surface area contributed by atoms with Crippen LogP contribution in [0.2, 0.25) is 0 Å². The molecule has 1 aromatic carbocycles. The first-order valence-corrected chi connectivity index (χ1v) is 6.63. The minimum absolute atomic E-state index is 0.178. The highest BCUT2D eigenvalue weighted by Gasteiger charge is 2.32. The number of alkyl halides is 3. The third-order valence-electron chi connectivity index (χ3n) is 3.17. The van der Waals surface area contributed by atoms with Gasteiger partial charge in [-0.3, -0.25) is 0 Å². The van der Waals surface area contributed by atoms with Gasteiger partial charge in [0.05, 0.1) is 6.33 Å². The van der Waals surface area contributed by atoms with Gasteiger partial charge in [0.1, 0.15) is 17.6 Å². The molecule has 0 atom stereocenters. The van der Waals surface area contributed by atoms with Crippen LogP contribution >= 0.6 is 0 Å². The first-order chi connectivity index (χ1) is 10.9. The molecule has 0 spiro atoms. The Hall–Kier alpha value is -2.84. The number of hydrogen-bond donors (Lipinski definition) is 1. The Labute approximate surface area is 129 Å². The van der Waals surface area contributed by atoms with Crippen LogP contribution < -0.4 is 9.64 Å². The van der Waals surface area contributed by atoms with Crippen molar-refractivity contribution in [3.05, 3.63) is 42.5 Å². The van der Waals surface area contributed by atoms with Gasteiger partial charge in [-0.05, 0) is 6.07 Å². The standard InChI is InChI=1S/C14H12F3N5O/c1-22(13-11-12(19-7-18-11)20-8-21-13)6-9-4-2-3-5-10(9)23-14(15,16)17/h2-5,7-8H,6H2,1H3,(H,18,19,20,21). The van der Waals surface area contributed by atoms with Crippen molar-refractivity contribution in [2.45, 2.75) is 12.9 Å². The Morgan fingerprint density at radius 2 is 1.96 bits per heavy atom. The van der Waals surface area contributed by atoms with Gasteiger partial charge in [0, 0.05) is 19.2 Å². The molecule has 0 saturated carbocycles. The normalized spacial score (nSPS) is 11.7. The maximum absolute atomic E-state index is 12.5. The van der Waals surface area contributed by atoms with E-state index in [1.807, 2.05) is 0 Å². The molecule has 3 rings (SSSR count). The highest BCUT2D eigenvalue weighted by atomic mass is 19.4. The van der Waals surface area contributed by atoms with Crippen LogP contribution in [0.4, 0.5) is 19.0 Å². The van der Waals surface area contributed by atoms with Crippen molar-refractivity contribution in [1.29, 1.82) is 0 Å². The van der Waals surface area contributed by atoms with Gasteiger partial charge in [0.2, 0.25) is 0 Å². The van der Waals surface area contributed by atoms with E-state index in [0.29, 0.717) is 22.5 Å². The highest BCUT2D eigenvalue weighted by molar-refractivity contribution is 5.82. The smallest absolute Gasteiger partial charge is 0.405 e. The van der Waals surface area contributed by atoms with Gasteiger partial charge in [0.25, 0.3) is 0 Å². The van der Waals surface area contributed by atoms with E-state index in [1.165, 1.54) is 24.8 Å². The van der Waals surface area contributed by atoms with E-state index in [1.54, 1.807) is 24.1 Å². The van der Waals surface area contributed by atoms with Gasteiger partial charge in [-0.25, -0.2) is 15.0 Å². The maximum atomic E-state index is 12.5. The average Bonchev–Trinajstić information content (AvgIpc) is 2.96. The summed E-state index contributed by atoms with van der Waals surface area (Å²) in [6.45, 7) is 0.178. The lowest BCUT2D eigenvalue weighted by molar-refractivity contribution is -0.274. The predicted molar refractivity (Wildman–Crippen MR) is 76.9 cm³/mol. The van der Waals surface area contributed by atoms with Crippen molar-refractivity contribution < 1.29 is 17.9 Å². The fourth-order valence-electron chi connectivity index (χ4n) is 2.23. The number of fused-ring (bicyclic) bond motifs is 1. The second-order valence-electron chi connectivity index (χ2n) is 4.81. The van der Waals surface area contributed by atoms with Crippen molar-refractivity contribution in [2.24, 2.45) is 0 Å². The van der Waals surface area contributed by atoms with Crippen molar-refractivity contribution in [3.8, 4) is 5.75 Å². The lowest BCUT2D eigenvalue weighted by atomic mass is 10.2. The molecule has 0 aliphatic rings. The summed E-state index contributed by atoms with van der Waals surface area (Å²) in [6.07, 6.45) is -1.90. The maximum Gasteiger partial charge on any atom is 0.573 e. The van der Waals surface area contributed by atoms with Crippen LogP contribution in [-0.4, -0.2) is 33.3 Å². The number of nitrogens with zero attached hydrogens (tertiary/aromatic N) is 4. The van der Waals surface area contributed by atoms with Gasteiger partial charge >= 0.3 is 6.36 Å². The molecule has 120 valence electrons. The SMILES string of the molecule is CN(Cc1ccccc1OC(F)(F)F)c1ncnc2nc[nH]c12. The number of anilines is 1. The number of nitrogens with one attached hydrogen (secondary N) is 1. The highest BCUT2D eigenvalue weighted by Crippen LogP contribution is 2.28. The zero-order chi connectivity index (χ0) is 16.4. The third-order valence-corrected chi connectivity index (χ3v) is 3.17. The number of aromatic amines is 1. The molecule has 0 aliphatic heterocycles. The van der Waals surface area contributed by atoms with Crippen molar-refractivity contribution in [2.75, 3.05) is 11.9 Å². The minimum Gasteiger partial charge on any atom is -0.405 e. The Bertz CT molecular complexity index is 817. The van der Waals surface area contributed by atoms with Crippen LogP contribution in [0.3, 0.4) is 0 Å². The second-order valence-corrected chi connectivity index (χ2v) is 4.81. The quantitative estimate of drug-likeness (QED) is 0.800. The largest absolute Gasteiger partial charge is 0.573 e. The minimum atomic E-state index is -4.74. The van der Waals surface area contributed by atoms with E-state index in [-0.39, 0.29) is 12.3 Å².